The highest BCUT2D eigenvalue weighted by Crippen LogP contribution is 2.03. The molecule has 0 radical (unpaired) electrons. The van der Waals surface area contributed by atoms with E-state index in [4.69, 9.17) is 5.41 Å². The van der Waals surface area contributed by atoms with Crippen molar-refractivity contribution < 1.29 is 5.48 Å². The van der Waals surface area contributed by atoms with Crippen LogP contribution in [0, 0.1) is 5.41 Å². The molecule has 0 saturated carbocycles. The van der Waals surface area contributed by atoms with Crippen molar-refractivity contribution in [3.63, 3.8) is 0 Å². The predicted octanol–water partition coefficient (Wildman–Crippen LogP) is 2.56. The molecule has 3 nitrogen and oxygen atoms in total. The zero-order valence-electron chi connectivity index (χ0n) is 11.6. The van der Waals surface area contributed by atoms with Crippen LogP contribution in [0.25, 0.3) is 0 Å². The highest BCUT2D eigenvalue weighted by molar-refractivity contribution is 5.50. The van der Waals surface area contributed by atoms with Crippen LogP contribution in [0.5, 0.6) is 0 Å². The maximum Gasteiger partial charge on any atom is 0.0817 e. The molecular formula is C17H22N2O. The highest BCUT2D eigenvalue weighted by atomic mass is 16.0. The molecule has 106 valence electrons. The number of hydrogen-bond donors (Lipinski definition) is 1. The van der Waals surface area contributed by atoms with E-state index in [-0.39, 0.29) is 5.48 Å². The molecule has 0 spiro atoms. The van der Waals surface area contributed by atoms with Crippen LogP contribution in [-0.4, -0.2) is 29.8 Å². The van der Waals surface area contributed by atoms with Gasteiger partial charge in [-0.05, 0) is 24.0 Å². The highest BCUT2D eigenvalue weighted by Gasteiger charge is 2.01. The van der Waals surface area contributed by atoms with Crippen molar-refractivity contribution >= 4 is 6.34 Å². The Labute approximate surface area is 120 Å². The molecule has 0 saturated heterocycles. The van der Waals surface area contributed by atoms with Gasteiger partial charge in [-0.3, -0.25) is 5.41 Å². The molecule has 0 atom stereocenters. The average Bonchev–Trinajstić information content (AvgIpc) is 2.49. The van der Waals surface area contributed by atoms with Gasteiger partial charge in [0.05, 0.1) is 6.34 Å². The minimum absolute atomic E-state index is 0. The lowest BCUT2D eigenvalue weighted by molar-refractivity contribution is 0.436. The number of nitrogens with one attached hydrogen (secondary N) is 1. The summed E-state index contributed by atoms with van der Waals surface area (Å²) in [5.74, 6) is 0. The molecule has 0 fully saturated rings. The van der Waals surface area contributed by atoms with Crippen LogP contribution >= 0.6 is 0 Å². The molecule has 3 heteroatoms. The molecule has 0 bridgehead atoms. The Morgan fingerprint density at radius 1 is 0.750 bits per heavy atom. The summed E-state index contributed by atoms with van der Waals surface area (Å²) < 4.78 is 0. The first kappa shape index (κ1) is 15.9. The molecule has 0 amide bonds. The first-order chi connectivity index (χ1) is 9.38. The Morgan fingerprint density at radius 2 is 1.15 bits per heavy atom. The van der Waals surface area contributed by atoms with Crippen molar-refractivity contribution in [3.05, 3.63) is 71.8 Å². The van der Waals surface area contributed by atoms with Gasteiger partial charge in [0.15, 0.2) is 0 Å². The zero-order chi connectivity index (χ0) is 13.3. The molecule has 0 aliphatic carbocycles. The van der Waals surface area contributed by atoms with Crippen LogP contribution in [0.1, 0.15) is 11.1 Å². The number of rotatable bonds is 7. The number of nitrogens with zero attached hydrogens (tertiary/aromatic N) is 1. The average molecular weight is 270 g/mol. The van der Waals surface area contributed by atoms with E-state index in [0.717, 1.165) is 25.9 Å². The minimum Gasteiger partial charge on any atom is -0.412 e. The number of benzene rings is 2. The number of hydrogen-bond acceptors (Lipinski definition) is 1. The van der Waals surface area contributed by atoms with Gasteiger partial charge in [0.25, 0.3) is 0 Å². The lowest BCUT2D eigenvalue weighted by Crippen LogP contribution is -2.26. The second-order valence-electron chi connectivity index (χ2n) is 4.64. The van der Waals surface area contributed by atoms with Gasteiger partial charge >= 0.3 is 0 Å². The maximum absolute atomic E-state index is 7.49. The Morgan fingerprint density at radius 3 is 1.50 bits per heavy atom. The van der Waals surface area contributed by atoms with Crippen molar-refractivity contribution in [1.82, 2.24) is 4.90 Å². The van der Waals surface area contributed by atoms with E-state index in [1.165, 1.54) is 17.5 Å². The molecule has 2 aromatic rings. The van der Waals surface area contributed by atoms with E-state index in [0.29, 0.717) is 0 Å². The molecule has 0 heterocycles. The van der Waals surface area contributed by atoms with Gasteiger partial charge in [0.2, 0.25) is 0 Å². The maximum atomic E-state index is 7.49. The van der Waals surface area contributed by atoms with Crippen molar-refractivity contribution in [3.8, 4) is 0 Å². The summed E-state index contributed by atoms with van der Waals surface area (Å²) in [7, 11) is 0. The van der Waals surface area contributed by atoms with E-state index in [1.54, 1.807) is 0 Å². The Hall–Kier alpha value is -2.13. The zero-order valence-corrected chi connectivity index (χ0v) is 11.6. The van der Waals surface area contributed by atoms with Gasteiger partial charge in [-0.2, -0.15) is 0 Å². The van der Waals surface area contributed by atoms with Gasteiger partial charge in [0.1, 0.15) is 0 Å². The third-order valence-electron chi connectivity index (χ3n) is 3.24. The summed E-state index contributed by atoms with van der Waals surface area (Å²) in [5, 5.41) is 7.49. The standard InChI is InChI=1S/C17H20N2.H2O/c18-15-19(13-11-16-7-3-1-4-8-16)14-12-17-9-5-2-6-10-17;/h1-10,15,18H,11-14H2;1H2. The SMILES string of the molecule is N=CN(CCc1ccccc1)CCc1ccccc1.O. The summed E-state index contributed by atoms with van der Waals surface area (Å²) in [6, 6.07) is 20.9. The fraction of sp³-hybridized carbons (Fsp3) is 0.235. The summed E-state index contributed by atoms with van der Waals surface area (Å²) in [5.41, 5.74) is 2.66. The van der Waals surface area contributed by atoms with E-state index in [2.05, 4.69) is 53.4 Å². The second kappa shape index (κ2) is 8.88. The fourth-order valence-electron chi connectivity index (χ4n) is 2.08. The third kappa shape index (κ3) is 5.24. The van der Waals surface area contributed by atoms with Crippen molar-refractivity contribution in [1.29, 1.82) is 5.41 Å². The fourth-order valence-corrected chi connectivity index (χ4v) is 2.08. The molecule has 0 unspecified atom stereocenters. The molecule has 0 aliphatic heterocycles. The molecular weight excluding hydrogens is 248 g/mol. The van der Waals surface area contributed by atoms with Crippen LogP contribution in [0.15, 0.2) is 60.7 Å². The van der Waals surface area contributed by atoms with Crippen molar-refractivity contribution in [2.75, 3.05) is 13.1 Å². The molecule has 0 aliphatic rings. The van der Waals surface area contributed by atoms with Crippen LogP contribution in [0.2, 0.25) is 0 Å². The first-order valence-corrected chi connectivity index (χ1v) is 6.71. The van der Waals surface area contributed by atoms with Gasteiger partial charge < -0.3 is 10.4 Å². The monoisotopic (exact) mass is 270 g/mol. The molecule has 20 heavy (non-hydrogen) atoms. The third-order valence-corrected chi connectivity index (χ3v) is 3.24. The van der Waals surface area contributed by atoms with E-state index < -0.39 is 0 Å². The smallest absolute Gasteiger partial charge is 0.0817 e. The van der Waals surface area contributed by atoms with E-state index in [9.17, 15) is 0 Å². The van der Waals surface area contributed by atoms with Crippen LogP contribution in [0.3, 0.4) is 0 Å². The van der Waals surface area contributed by atoms with Crippen LogP contribution in [0.4, 0.5) is 0 Å². The summed E-state index contributed by atoms with van der Waals surface area (Å²) in [4.78, 5) is 2.07. The first-order valence-electron chi connectivity index (χ1n) is 6.71. The molecule has 2 rings (SSSR count). The van der Waals surface area contributed by atoms with Gasteiger partial charge in [-0.25, -0.2) is 0 Å². The normalized spacial score (nSPS) is 9.60. The summed E-state index contributed by atoms with van der Waals surface area (Å²) in [6.07, 6.45) is 3.43. The van der Waals surface area contributed by atoms with Crippen LogP contribution in [-0.2, 0) is 12.8 Å². The Balaban J connectivity index is 0.00000200. The van der Waals surface area contributed by atoms with Gasteiger partial charge in [-0.1, -0.05) is 60.7 Å². The minimum atomic E-state index is 0. The summed E-state index contributed by atoms with van der Waals surface area (Å²) >= 11 is 0. The van der Waals surface area contributed by atoms with Gasteiger partial charge in [0, 0.05) is 13.1 Å². The lowest BCUT2D eigenvalue weighted by Gasteiger charge is -2.18. The molecule has 0 aromatic heterocycles. The van der Waals surface area contributed by atoms with E-state index in [1.807, 2.05) is 12.1 Å². The van der Waals surface area contributed by atoms with Crippen molar-refractivity contribution in [2.45, 2.75) is 12.8 Å². The molecule has 2 aromatic carbocycles. The van der Waals surface area contributed by atoms with Crippen molar-refractivity contribution in [2.24, 2.45) is 0 Å². The summed E-state index contributed by atoms with van der Waals surface area (Å²) in [6.45, 7) is 1.81. The van der Waals surface area contributed by atoms with Crippen LogP contribution < -0.4 is 0 Å². The topological polar surface area (TPSA) is 58.6 Å². The second-order valence-corrected chi connectivity index (χ2v) is 4.64. The molecule has 3 N–H and O–H groups in total. The largest absolute Gasteiger partial charge is 0.412 e. The van der Waals surface area contributed by atoms with E-state index >= 15 is 0 Å². The predicted molar refractivity (Wildman–Crippen MR) is 84.3 cm³/mol. The lowest BCUT2D eigenvalue weighted by atomic mass is 10.1. The Bertz CT molecular complexity index is 441. The quantitative estimate of drug-likeness (QED) is 0.610. The Kier molecular flexibility index (Phi) is 7.07. The van der Waals surface area contributed by atoms with Gasteiger partial charge in [-0.15, -0.1) is 0 Å².